The normalized spacial score (nSPS) is 21.3. The van der Waals surface area contributed by atoms with Gasteiger partial charge >= 0.3 is 0 Å². The summed E-state index contributed by atoms with van der Waals surface area (Å²) in [7, 11) is 0. The zero-order valence-electron chi connectivity index (χ0n) is 9.44. The van der Waals surface area contributed by atoms with Crippen LogP contribution >= 0.6 is 12.4 Å². The van der Waals surface area contributed by atoms with Gasteiger partial charge in [-0.25, -0.2) is 0 Å². The molecule has 1 heterocycles. The van der Waals surface area contributed by atoms with E-state index in [0.717, 1.165) is 6.54 Å². The van der Waals surface area contributed by atoms with Gasteiger partial charge in [-0.05, 0) is 5.92 Å². The largest absolute Gasteiger partial charge is 0.374 e. The quantitative estimate of drug-likeness (QED) is 0.783. The molecule has 0 radical (unpaired) electrons. The third kappa shape index (κ3) is 4.36. The number of rotatable bonds is 3. The van der Waals surface area contributed by atoms with Crippen molar-refractivity contribution in [2.75, 3.05) is 26.2 Å². The van der Waals surface area contributed by atoms with Crippen molar-refractivity contribution in [3.05, 3.63) is 0 Å². The number of carbonyl (C=O) groups is 1. The molecule has 1 unspecified atom stereocenters. The number of ether oxygens (including phenoxy) is 1. The van der Waals surface area contributed by atoms with E-state index in [0.29, 0.717) is 32.0 Å². The van der Waals surface area contributed by atoms with Crippen LogP contribution in [0.15, 0.2) is 0 Å². The van der Waals surface area contributed by atoms with Gasteiger partial charge in [0.05, 0.1) is 12.7 Å². The van der Waals surface area contributed by atoms with Crippen LogP contribution in [-0.2, 0) is 9.53 Å². The van der Waals surface area contributed by atoms with Gasteiger partial charge in [0.25, 0.3) is 0 Å². The molecule has 0 aromatic carbocycles. The van der Waals surface area contributed by atoms with Crippen molar-refractivity contribution in [1.29, 1.82) is 0 Å². The van der Waals surface area contributed by atoms with E-state index in [1.54, 1.807) is 0 Å². The van der Waals surface area contributed by atoms with E-state index in [4.69, 9.17) is 10.5 Å². The molecule has 1 amide bonds. The highest BCUT2D eigenvalue weighted by Crippen LogP contribution is 2.13. The monoisotopic (exact) mass is 236 g/mol. The van der Waals surface area contributed by atoms with E-state index in [-0.39, 0.29) is 24.4 Å². The molecule has 0 aromatic rings. The topological polar surface area (TPSA) is 55.6 Å². The van der Waals surface area contributed by atoms with Crippen LogP contribution in [0.1, 0.15) is 20.3 Å². The minimum Gasteiger partial charge on any atom is -0.374 e. The Morgan fingerprint density at radius 1 is 1.60 bits per heavy atom. The first-order chi connectivity index (χ1) is 6.65. The molecule has 5 heteroatoms. The lowest BCUT2D eigenvalue weighted by Crippen LogP contribution is -2.47. The summed E-state index contributed by atoms with van der Waals surface area (Å²) in [4.78, 5) is 13.4. The molecule has 1 aliphatic rings. The maximum Gasteiger partial charge on any atom is 0.224 e. The third-order valence-electron chi connectivity index (χ3n) is 2.55. The Labute approximate surface area is 97.5 Å². The number of nitrogens with two attached hydrogens (primary N) is 1. The second-order valence-corrected chi connectivity index (χ2v) is 4.03. The fraction of sp³-hybridized carbons (Fsp3) is 0.900. The molecule has 1 rings (SSSR count). The fourth-order valence-electron chi connectivity index (χ4n) is 1.59. The van der Waals surface area contributed by atoms with Crippen LogP contribution in [-0.4, -0.2) is 43.2 Å². The second-order valence-electron chi connectivity index (χ2n) is 4.03. The van der Waals surface area contributed by atoms with Gasteiger partial charge in [-0.3, -0.25) is 4.79 Å². The van der Waals surface area contributed by atoms with Gasteiger partial charge in [-0.2, -0.15) is 0 Å². The molecule has 1 fully saturated rings. The van der Waals surface area contributed by atoms with E-state index < -0.39 is 0 Å². The van der Waals surface area contributed by atoms with Gasteiger partial charge in [0.2, 0.25) is 5.91 Å². The van der Waals surface area contributed by atoms with Crippen LogP contribution < -0.4 is 5.73 Å². The SMILES string of the molecule is CC(C)C1CN(C(=O)CCN)CCO1.Cl. The first-order valence-electron chi connectivity index (χ1n) is 5.24. The Bertz CT molecular complexity index is 200. The minimum atomic E-state index is 0. The molecule has 2 N–H and O–H groups in total. The Morgan fingerprint density at radius 3 is 2.80 bits per heavy atom. The summed E-state index contributed by atoms with van der Waals surface area (Å²) in [5.74, 6) is 0.616. The van der Waals surface area contributed by atoms with Crippen molar-refractivity contribution in [2.24, 2.45) is 11.7 Å². The van der Waals surface area contributed by atoms with E-state index in [9.17, 15) is 4.79 Å². The average molecular weight is 237 g/mol. The number of halogens is 1. The summed E-state index contributed by atoms with van der Waals surface area (Å²) in [6, 6.07) is 0. The summed E-state index contributed by atoms with van der Waals surface area (Å²) in [6.45, 7) is 6.74. The highest BCUT2D eigenvalue weighted by Gasteiger charge is 2.25. The number of nitrogens with zero attached hydrogens (tertiary/aromatic N) is 1. The molecule has 0 aliphatic carbocycles. The molecule has 4 nitrogen and oxygen atoms in total. The van der Waals surface area contributed by atoms with Crippen molar-refractivity contribution < 1.29 is 9.53 Å². The van der Waals surface area contributed by atoms with Gasteiger partial charge in [0, 0.05) is 26.1 Å². The first-order valence-corrected chi connectivity index (χ1v) is 5.24. The highest BCUT2D eigenvalue weighted by molar-refractivity contribution is 5.85. The van der Waals surface area contributed by atoms with Crippen LogP contribution in [0.3, 0.4) is 0 Å². The standard InChI is InChI=1S/C10H20N2O2.ClH/c1-8(2)9-7-12(5-6-14-9)10(13)3-4-11;/h8-9H,3-7,11H2,1-2H3;1H. The van der Waals surface area contributed by atoms with E-state index >= 15 is 0 Å². The number of morpholine rings is 1. The lowest BCUT2D eigenvalue weighted by Gasteiger charge is -2.34. The average Bonchev–Trinajstić information content (AvgIpc) is 2.18. The molecule has 0 aromatic heterocycles. The van der Waals surface area contributed by atoms with Gasteiger partial charge < -0.3 is 15.4 Å². The molecule has 1 aliphatic heterocycles. The van der Waals surface area contributed by atoms with Crippen molar-refractivity contribution in [3.8, 4) is 0 Å². The number of hydrogen-bond acceptors (Lipinski definition) is 3. The lowest BCUT2D eigenvalue weighted by molar-refractivity contribution is -0.140. The molecule has 1 atom stereocenters. The smallest absolute Gasteiger partial charge is 0.224 e. The molecule has 1 saturated heterocycles. The number of amides is 1. The summed E-state index contributed by atoms with van der Waals surface area (Å²) in [6.07, 6.45) is 0.635. The van der Waals surface area contributed by atoms with E-state index in [2.05, 4.69) is 13.8 Å². The predicted octanol–water partition coefficient (Wildman–Crippen LogP) is 0.640. The van der Waals surface area contributed by atoms with Crippen molar-refractivity contribution in [3.63, 3.8) is 0 Å². The van der Waals surface area contributed by atoms with Gasteiger partial charge in [-0.1, -0.05) is 13.8 Å². The zero-order valence-corrected chi connectivity index (χ0v) is 10.3. The lowest BCUT2D eigenvalue weighted by atomic mass is 10.1. The summed E-state index contributed by atoms with van der Waals surface area (Å²) >= 11 is 0. The third-order valence-corrected chi connectivity index (χ3v) is 2.55. The van der Waals surface area contributed by atoms with Crippen LogP contribution in [0, 0.1) is 5.92 Å². The Balaban J connectivity index is 0.00000196. The summed E-state index contributed by atoms with van der Waals surface area (Å²) in [5.41, 5.74) is 5.35. The van der Waals surface area contributed by atoms with Crippen LogP contribution in [0.4, 0.5) is 0 Å². The van der Waals surface area contributed by atoms with E-state index in [1.165, 1.54) is 0 Å². The van der Waals surface area contributed by atoms with Crippen LogP contribution in [0.2, 0.25) is 0 Å². The van der Waals surface area contributed by atoms with E-state index in [1.807, 2.05) is 4.90 Å². The molecule has 0 spiro atoms. The Morgan fingerprint density at radius 2 is 2.27 bits per heavy atom. The van der Waals surface area contributed by atoms with Crippen LogP contribution in [0.5, 0.6) is 0 Å². The van der Waals surface area contributed by atoms with Crippen LogP contribution in [0.25, 0.3) is 0 Å². The van der Waals surface area contributed by atoms with Crippen molar-refractivity contribution in [2.45, 2.75) is 26.4 Å². The second kappa shape index (κ2) is 7.04. The molecular weight excluding hydrogens is 216 g/mol. The van der Waals surface area contributed by atoms with Gasteiger partial charge in [-0.15, -0.1) is 12.4 Å². The maximum absolute atomic E-state index is 11.6. The van der Waals surface area contributed by atoms with Crippen molar-refractivity contribution in [1.82, 2.24) is 4.90 Å². The Kier molecular flexibility index (Phi) is 6.89. The maximum atomic E-state index is 11.6. The van der Waals surface area contributed by atoms with Gasteiger partial charge in [0.1, 0.15) is 0 Å². The zero-order chi connectivity index (χ0) is 10.6. The minimum absolute atomic E-state index is 0. The molecule has 90 valence electrons. The number of carbonyl (C=O) groups excluding carboxylic acids is 1. The fourth-order valence-corrected chi connectivity index (χ4v) is 1.59. The Hall–Kier alpha value is -0.320. The summed E-state index contributed by atoms with van der Waals surface area (Å²) < 4.78 is 5.57. The van der Waals surface area contributed by atoms with Gasteiger partial charge in [0.15, 0.2) is 0 Å². The first kappa shape index (κ1) is 14.7. The molecular formula is C10H21ClN2O2. The molecule has 0 saturated carbocycles. The molecule has 15 heavy (non-hydrogen) atoms. The summed E-state index contributed by atoms with van der Waals surface area (Å²) in [5, 5.41) is 0. The predicted molar refractivity (Wildman–Crippen MR) is 62.1 cm³/mol. The van der Waals surface area contributed by atoms with Crippen molar-refractivity contribution >= 4 is 18.3 Å². The molecule has 0 bridgehead atoms. The number of hydrogen-bond donors (Lipinski definition) is 1. The highest BCUT2D eigenvalue weighted by atomic mass is 35.5.